The predicted octanol–water partition coefficient (Wildman–Crippen LogP) is 4.22. The zero-order chi connectivity index (χ0) is 26.1. The van der Waals surface area contributed by atoms with Crippen LogP contribution in [0.1, 0.15) is 66.2 Å². The maximum atomic E-state index is 13.7. The molecule has 3 heterocycles. The van der Waals surface area contributed by atoms with E-state index in [0.717, 1.165) is 48.2 Å². The summed E-state index contributed by atoms with van der Waals surface area (Å²) in [5, 5.41) is 14.0. The molecule has 6 rings (SSSR count). The van der Waals surface area contributed by atoms with Gasteiger partial charge in [0, 0.05) is 37.8 Å². The second-order valence-electron chi connectivity index (χ2n) is 11.0. The van der Waals surface area contributed by atoms with Crippen molar-refractivity contribution >= 4 is 10.9 Å². The van der Waals surface area contributed by atoms with E-state index in [4.69, 9.17) is 0 Å². The molecule has 1 saturated heterocycles. The molecular weight excluding hydrogens is 474 g/mol. The van der Waals surface area contributed by atoms with Gasteiger partial charge in [-0.1, -0.05) is 61.2 Å². The first-order valence-corrected chi connectivity index (χ1v) is 14.0. The van der Waals surface area contributed by atoms with Crippen LogP contribution in [0.3, 0.4) is 0 Å². The van der Waals surface area contributed by atoms with Gasteiger partial charge in [0.2, 0.25) is 0 Å². The van der Waals surface area contributed by atoms with Crippen molar-refractivity contribution in [3.63, 3.8) is 0 Å². The van der Waals surface area contributed by atoms with E-state index in [1.165, 1.54) is 37.7 Å². The first-order valence-electron chi connectivity index (χ1n) is 14.0. The number of hydrogen-bond donors (Lipinski definition) is 1. The Morgan fingerprint density at radius 2 is 1.74 bits per heavy atom. The number of piperazine rings is 1. The highest BCUT2D eigenvalue weighted by molar-refractivity contribution is 5.83. The van der Waals surface area contributed by atoms with Gasteiger partial charge in [-0.3, -0.25) is 14.6 Å². The van der Waals surface area contributed by atoms with E-state index in [-0.39, 0.29) is 11.6 Å². The minimum atomic E-state index is -0.323. The SMILES string of the molecule is Cc1cc(C)c2[nH]c(=O)c([C@@H](c3nnnn3Cc3ccccc3)N3CCN(C4CCCCC4)CC3)cc2c1. The third-order valence-electron chi connectivity index (χ3n) is 8.40. The third-order valence-corrected chi connectivity index (χ3v) is 8.40. The summed E-state index contributed by atoms with van der Waals surface area (Å²) in [4.78, 5) is 21.9. The van der Waals surface area contributed by atoms with Gasteiger partial charge in [0.05, 0.1) is 12.1 Å². The smallest absolute Gasteiger partial charge is 0.253 e. The Morgan fingerprint density at radius 1 is 0.974 bits per heavy atom. The minimum Gasteiger partial charge on any atom is -0.321 e. The number of aromatic nitrogens is 5. The van der Waals surface area contributed by atoms with Crippen molar-refractivity contribution in [2.75, 3.05) is 26.2 Å². The number of nitrogens with zero attached hydrogens (tertiary/aromatic N) is 6. The highest BCUT2D eigenvalue weighted by Gasteiger charge is 2.34. The molecule has 2 fully saturated rings. The summed E-state index contributed by atoms with van der Waals surface area (Å²) in [6.07, 6.45) is 6.66. The first kappa shape index (κ1) is 24.9. The molecule has 38 heavy (non-hydrogen) atoms. The maximum absolute atomic E-state index is 13.7. The molecule has 2 aromatic carbocycles. The number of tetrazole rings is 1. The second kappa shape index (κ2) is 10.8. The van der Waals surface area contributed by atoms with Crippen LogP contribution in [0.2, 0.25) is 0 Å². The van der Waals surface area contributed by atoms with Crippen molar-refractivity contribution in [1.82, 2.24) is 35.0 Å². The van der Waals surface area contributed by atoms with Crippen LogP contribution >= 0.6 is 0 Å². The van der Waals surface area contributed by atoms with Crippen LogP contribution in [-0.4, -0.2) is 67.2 Å². The minimum absolute atomic E-state index is 0.0709. The Morgan fingerprint density at radius 3 is 2.50 bits per heavy atom. The van der Waals surface area contributed by atoms with E-state index < -0.39 is 0 Å². The molecule has 4 aromatic rings. The Kier molecular flexibility index (Phi) is 7.08. The molecule has 0 spiro atoms. The van der Waals surface area contributed by atoms with E-state index in [1.807, 2.05) is 29.8 Å². The molecule has 1 atom stereocenters. The zero-order valence-corrected chi connectivity index (χ0v) is 22.4. The van der Waals surface area contributed by atoms with Crippen LogP contribution in [0.4, 0.5) is 0 Å². The normalized spacial score (nSPS) is 18.7. The van der Waals surface area contributed by atoms with Gasteiger partial charge in [0.15, 0.2) is 5.82 Å². The molecule has 1 aliphatic carbocycles. The fraction of sp³-hybridized carbons (Fsp3) is 0.467. The first-order chi connectivity index (χ1) is 18.6. The Bertz CT molecular complexity index is 1450. The predicted molar refractivity (Wildman–Crippen MR) is 149 cm³/mol. The Balaban J connectivity index is 1.38. The van der Waals surface area contributed by atoms with Gasteiger partial charge in [-0.2, -0.15) is 0 Å². The molecular formula is C30H37N7O. The number of hydrogen-bond acceptors (Lipinski definition) is 6. The molecule has 8 nitrogen and oxygen atoms in total. The molecule has 0 unspecified atom stereocenters. The summed E-state index contributed by atoms with van der Waals surface area (Å²) < 4.78 is 1.86. The van der Waals surface area contributed by atoms with E-state index in [0.29, 0.717) is 24.0 Å². The van der Waals surface area contributed by atoms with Crippen molar-refractivity contribution in [3.05, 3.63) is 87.0 Å². The quantitative estimate of drug-likeness (QED) is 0.417. The number of aromatic amines is 1. The molecule has 0 amide bonds. The molecule has 2 aromatic heterocycles. The lowest BCUT2D eigenvalue weighted by Crippen LogP contribution is -2.52. The number of benzene rings is 2. The number of fused-ring (bicyclic) bond motifs is 1. The van der Waals surface area contributed by atoms with E-state index in [2.05, 4.69) is 67.6 Å². The van der Waals surface area contributed by atoms with Gasteiger partial charge in [-0.15, -0.1) is 5.10 Å². The topological polar surface area (TPSA) is 82.9 Å². The number of nitrogens with one attached hydrogen (secondary N) is 1. The van der Waals surface area contributed by atoms with Crippen LogP contribution in [-0.2, 0) is 6.54 Å². The summed E-state index contributed by atoms with van der Waals surface area (Å²) in [6, 6.07) is 16.9. The van der Waals surface area contributed by atoms with Crippen molar-refractivity contribution < 1.29 is 0 Å². The van der Waals surface area contributed by atoms with Crippen LogP contribution in [0, 0.1) is 13.8 Å². The lowest BCUT2D eigenvalue weighted by Gasteiger charge is -2.43. The maximum Gasteiger partial charge on any atom is 0.253 e. The van der Waals surface area contributed by atoms with Gasteiger partial charge in [0.25, 0.3) is 5.56 Å². The van der Waals surface area contributed by atoms with Gasteiger partial charge in [-0.25, -0.2) is 4.68 Å². The van der Waals surface area contributed by atoms with Crippen LogP contribution in [0.5, 0.6) is 0 Å². The molecule has 0 radical (unpaired) electrons. The average molecular weight is 512 g/mol. The fourth-order valence-corrected chi connectivity index (χ4v) is 6.49. The van der Waals surface area contributed by atoms with Crippen molar-refractivity contribution in [2.24, 2.45) is 0 Å². The number of aryl methyl sites for hydroxylation is 2. The van der Waals surface area contributed by atoms with E-state index >= 15 is 0 Å². The van der Waals surface area contributed by atoms with Crippen LogP contribution < -0.4 is 5.56 Å². The summed E-state index contributed by atoms with van der Waals surface area (Å²) in [6.45, 7) is 8.47. The molecule has 1 aliphatic heterocycles. The molecule has 1 saturated carbocycles. The number of pyridine rings is 1. The monoisotopic (exact) mass is 511 g/mol. The summed E-state index contributed by atoms with van der Waals surface area (Å²) >= 11 is 0. The van der Waals surface area contributed by atoms with Crippen LogP contribution in [0.25, 0.3) is 10.9 Å². The van der Waals surface area contributed by atoms with Gasteiger partial charge >= 0.3 is 0 Å². The number of H-pyrrole nitrogens is 1. The van der Waals surface area contributed by atoms with Crippen LogP contribution in [0.15, 0.2) is 53.3 Å². The van der Waals surface area contributed by atoms with Crippen molar-refractivity contribution in [1.29, 1.82) is 0 Å². The molecule has 1 N–H and O–H groups in total. The lowest BCUT2D eigenvalue weighted by atomic mass is 9.93. The highest BCUT2D eigenvalue weighted by atomic mass is 16.1. The molecule has 198 valence electrons. The summed E-state index contributed by atoms with van der Waals surface area (Å²) in [5.41, 5.74) is 4.92. The highest BCUT2D eigenvalue weighted by Crippen LogP contribution is 2.31. The lowest BCUT2D eigenvalue weighted by molar-refractivity contribution is 0.0618. The number of rotatable bonds is 6. The van der Waals surface area contributed by atoms with Gasteiger partial charge in [0.1, 0.15) is 6.04 Å². The third kappa shape index (κ3) is 5.02. The van der Waals surface area contributed by atoms with Gasteiger partial charge in [-0.05, 0) is 65.8 Å². The average Bonchev–Trinajstić information content (AvgIpc) is 3.38. The van der Waals surface area contributed by atoms with Gasteiger partial charge < -0.3 is 4.98 Å². The van der Waals surface area contributed by atoms with Crippen molar-refractivity contribution in [3.8, 4) is 0 Å². The molecule has 8 heteroatoms. The Hall–Kier alpha value is -3.36. The standard InChI is InChI=1S/C30H37N7O/c1-21-17-22(2)27-24(18-21)19-26(30(38)31-27)28(29-32-33-34-37(29)20-23-9-5-3-6-10-23)36-15-13-35(14-16-36)25-11-7-4-8-12-25/h3,5-6,9-10,17-19,25,28H,4,7-8,11-16,20H2,1-2H3,(H,31,38)/t28-/m0/s1. The Labute approximate surface area is 223 Å². The summed E-state index contributed by atoms with van der Waals surface area (Å²) in [7, 11) is 0. The summed E-state index contributed by atoms with van der Waals surface area (Å²) in [5.74, 6) is 0.717. The van der Waals surface area contributed by atoms with E-state index in [9.17, 15) is 4.79 Å². The van der Waals surface area contributed by atoms with Crippen molar-refractivity contribution in [2.45, 2.75) is 64.6 Å². The molecule has 0 bridgehead atoms. The molecule has 2 aliphatic rings. The second-order valence-corrected chi connectivity index (χ2v) is 11.0. The van der Waals surface area contributed by atoms with E-state index in [1.54, 1.807) is 0 Å². The fourth-order valence-electron chi connectivity index (χ4n) is 6.49. The largest absolute Gasteiger partial charge is 0.321 e. The zero-order valence-electron chi connectivity index (χ0n) is 22.4.